The Hall–Kier alpha value is -3.37. The fraction of sp³-hybridized carbons (Fsp3) is 0.478. The lowest BCUT2D eigenvalue weighted by Crippen LogP contribution is -2.56. The molecular formula is C23H27F3N6O2. The lowest BCUT2D eigenvalue weighted by atomic mass is 10.0. The summed E-state index contributed by atoms with van der Waals surface area (Å²) in [6.07, 6.45) is 4.51. The number of allylic oxidation sites excluding steroid dienone is 2. The number of anilines is 1. The van der Waals surface area contributed by atoms with E-state index < -0.39 is 11.7 Å². The highest BCUT2D eigenvalue weighted by Crippen LogP contribution is 2.44. The molecule has 8 nitrogen and oxygen atoms in total. The van der Waals surface area contributed by atoms with Crippen molar-refractivity contribution in [2.24, 2.45) is 15.7 Å². The second-order valence-corrected chi connectivity index (χ2v) is 8.43. The van der Waals surface area contributed by atoms with Crippen molar-refractivity contribution >= 4 is 23.7 Å². The average Bonchev–Trinajstić information content (AvgIpc) is 3.09. The first kappa shape index (κ1) is 23.8. The van der Waals surface area contributed by atoms with Crippen molar-refractivity contribution in [3.63, 3.8) is 0 Å². The van der Waals surface area contributed by atoms with Gasteiger partial charge in [0.05, 0.1) is 24.1 Å². The Morgan fingerprint density at radius 1 is 1.29 bits per heavy atom. The largest absolute Gasteiger partial charge is 0.492 e. The molecule has 2 saturated heterocycles. The van der Waals surface area contributed by atoms with Crippen LogP contribution >= 0.6 is 0 Å². The minimum absolute atomic E-state index is 0.158. The molecule has 3 aliphatic rings. The van der Waals surface area contributed by atoms with Crippen LogP contribution in [0.15, 0.2) is 45.8 Å². The average molecular weight is 477 g/mol. The van der Waals surface area contributed by atoms with E-state index in [1.54, 1.807) is 18.1 Å². The molecule has 182 valence electrons. The van der Waals surface area contributed by atoms with Gasteiger partial charge < -0.3 is 20.3 Å². The van der Waals surface area contributed by atoms with Gasteiger partial charge in [0.15, 0.2) is 11.6 Å². The number of rotatable bonds is 5. The van der Waals surface area contributed by atoms with Crippen molar-refractivity contribution in [3.8, 4) is 5.75 Å². The van der Waals surface area contributed by atoms with Crippen LogP contribution in [0.2, 0.25) is 0 Å². The van der Waals surface area contributed by atoms with Gasteiger partial charge in [0.2, 0.25) is 0 Å². The molecule has 0 spiro atoms. The molecule has 0 aromatic carbocycles. The monoisotopic (exact) mass is 476 g/mol. The van der Waals surface area contributed by atoms with E-state index >= 15 is 0 Å². The lowest BCUT2D eigenvalue weighted by molar-refractivity contribution is -0.138. The second kappa shape index (κ2) is 9.47. The summed E-state index contributed by atoms with van der Waals surface area (Å²) < 4.78 is 45.7. The van der Waals surface area contributed by atoms with Crippen molar-refractivity contribution in [2.45, 2.75) is 43.9 Å². The molecule has 2 fully saturated rings. The van der Waals surface area contributed by atoms with Crippen LogP contribution in [0.3, 0.4) is 0 Å². The zero-order chi connectivity index (χ0) is 24.5. The number of alkyl halides is 3. The number of amides is 1. The molecule has 1 aromatic rings. The molecule has 1 aromatic heterocycles. The molecule has 11 heteroatoms. The van der Waals surface area contributed by atoms with Crippen molar-refractivity contribution in [1.29, 1.82) is 0 Å². The molecule has 2 N–H and O–H groups in total. The third kappa shape index (κ3) is 4.38. The third-order valence-electron chi connectivity index (χ3n) is 6.38. The summed E-state index contributed by atoms with van der Waals surface area (Å²) in [4.78, 5) is 29.6. The highest BCUT2D eigenvalue weighted by molar-refractivity contribution is 6.19. The predicted octanol–water partition coefficient (Wildman–Crippen LogP) is 2.95. The number of carbonyl (C=O) groups is 1. The standard InChI is InChI=1S/C23H27F3N6O2/c1-28-11-16(19(27)18-5-3-4-9-29-18)22(33)31-12-14-6-7-15(13-31)32(14)21-20(34-2)17(8-10-30-21)23(24,25)26/h4,8-11,14-15H,3,5-7,12-13,27H2,1-2H3. The van der Waals surface area contributed by atoms with Gasteiger partial charge in [-0.15, -0.1) is 0 Å². The van der Waals surface area contributed by atoms with E-state index in [0.29, 0.717) is 30.9 Å². The second-order valence-electron chi connectivity index (χ2n) is 8.43. The molecule has 0 saturated carbocycles. The molecule has 2 bridgehead atoms. The zero-order valence-electron chi connectivity index (χ0n) is 19.0. The Morgan fingerprint density at radius 3 is 2.56 bits per heavy atom. The number of nitrogens with zero attached hydrogens (tertiary/aromatic N) is 5. The predicted molar refractivity (Wildman–Crippen MR) is 123 cm³/mol. The number of nitrogens with two attached hydrogens (primary N) is 1. The smallest absolute Gasteiger partial charge is 0.420 e. The molecule has 4 rings (SSSR count). The van der Waals surface area contributed by atoms with Crippen LogP contribution in [0.4, 0.5) is 19.0 Å². The van der Waals surface area contributed by atoms with Gasteiger partial charge in [-0.1, -0.05) is 6.08 Å². The van der Waals surface area contributed by atoms with Crippen LogP contribution in [0.5, 0.6) is 5.75 Å². The number of ether oxygens (including phenoxy) is 1. The van der Waals surface area contributed by atoms with E-state index in [0.717, 1.165) is 31.5 Å². The zero-order valence-corrected chi connectivity index (χ0v) is 19.0. The van der Waals surface area contributed by atoms with Crippen LogP contribution in [-0.4, -0.2) is 67.0 Å². The Balaban J connectivity index is 1.62. The van der Waals surface area contributed by atoms with E-state index in [1.807, 2.05) is 11.0 Å². The van der Waals surface area contributed by atoms with Crippen LogP contribution in [0.25, 0.3) is 0 Å². The van der Waals surface area contributed by atoms with Gasteiger partial charge >= 0.3 is 6.18 Å². The van der Waals surface area contributed by atoms with Crippen molar-refractivity contribution in [1.82, 2.24) is 9.88 Å². The van der Waals surface area contributed by atoms with Crippen LogP contribution in [0, 0.1) is 0 Å². The number of hydrogen-bond donors (Lipinski definition) is 1. The van der Waals surface area contributed by atoms with Gasteiger partial charge in [-0.2, -0.15) is 13.2 Å². The van der Waals surface area contributed by atoms with Gasteiger partial charge in [0.1, 0.15) is 5.56 Å². The maximum Gasteiger partial charge on any atom is 0.420 e. The number of hydrogen-bond acceptors (Lipinski definition) is 7. The Kier molecular flexibility index (Phi) is 6.63. The Labute approximate surface area is 195 Å². The van der Waals surface area contributed by atoms with E-state index in [4.69, 9.17) is 10.5 Å². The van der Waals surface area contributed by atoms with Crippen molar-refractivity contribution in [3.05, 3.63) is 41.4 Å². The maximum atomic E-state index is 13.5. The van der Waals surface area contributed by atoms with Crippen LogP contribution in [-0.2, 0) is 11.0 Å². The normalized spacial score (nSPS) is 23.3. The Morgan fingerprint density at radius 2 is 2.00 bits per heavy atom. The topological polar surface area (TPSA) is 96.4 Å². The molecular weight excluding hydrogens is 449 g/mol. The summed E-state index contributed by atoms with van der Waals surface area (Å²) in [6.45, 7) is 0.661. The number of likely N-dealkylation sites (tertiary alicyclic amines) is 1. The van der Waals surface area contributed by atoms with Gasteiger partial charge in [0.25, 0.3) is 5.91 Å². The fourth-order valence-electron chi connectivity index (χ4n) is 4.86. The molecule has 0 radical (unpaired) electrons. The molecule has 1 amide bonds. The van der Waals surface area contributed by atoms with Crippen LogP contribution < -0.4 is 15.4 Å². The summed E-state index contributed by atoms with van der Waals surface area (Å²) in [5.74, 6) is -0.399. The van der Waals surface area contributed by atoms with E-state index in [2.05, 4.69) is 15.0 Å². The molecule has 0 aliphatic carbocycles. The van der Waals surface area contributed by atoms with Crippen LogP contribution in [0.1, 0.15) is 31.2 Å². The number of aromatic nitrogens is 1. The lowest BCUT2D eigenvalue weighted by Gasteiger charge is -2.42. The SMILES string of the molecule is CN=CC(C(=O)N1CC2CCC(C1)N2c1nccc(C(F)(F)F)c1OC)=C(N)C1=NC=CCC1. The first-order valence-electron chi connectivity index (χ1n) is 11.1. The first-order chi connectivity index (χ1) is 16.3. The van der Waals surface area contributed by atoms with Gasteiger partial charge in [-0.25, -0.2) is 4.98 Å². The molecule has 4 heterocycles. The van der Waals surface area contributed by atoms with Gasteiger partial charge in [-0.05, 0) is 31.7 Å². The minimum atomic E-state index is -4.56. The summed E-state index contributed by atoms with van der Waals surface area (Å²) in [6, 6.07) is 0.532. The van der Waals surface area contributed by atoms with E-state index in [1.165, 1.54) is 13.3 Å². The number of pyridine rings is 1. The Bertz CT molecular complexity index is 1060. The van der Waals surface area contributed by atoms with Gasteiger partial charge in [0, 0.05) is 50.8 Å². The molecule has 2 atom stereocenters. The highest BCUT2D eigenvalue weighted by atomic mass is 19.4. The fourth-order valence-corrected chi connectivity index (χ4v) is 4.86. The number of halogens is 3. The highest BCUT2D eigenvalue weighted by Gasteiger charge is 2.45. The summed E-state index contributed by atoms with van der Waals surface area (Å²) in [5, 5.41) is 0. The number of methoxy groups -OCH3 is 1. The summed E-state index contributed by atoms with van der Waals surface area (Å²) in [5.41, 5.74) is 6.68. The molecule has 3 aliphatic heterocycles. The molecule has 34 heavy (non-hydrogen) atoms. The summed E-state index contributed by atoms with van der Waals surface area (Å²) in [7, 11) is 2.78. The summed E-state index contributed by atoms with van der Waals surface area (Å²) >= 11 is 0. The van der Waals surface area contributed by atoms with Crippen molar-refractivity contribution in [2.75, 3.05) is 32.1 Å². The van der Waals surface area contributed by atoms with E-state index in [9.17, 15) is 18.0 Å². The molecule has 2 unspecified atom stereocenters. The van der Waals surface area contributed by atoms with E-state index in [-0.39, 0.29) is 35.1 Å². The quantitative estimate of drug-likeness (QED) is 0.521. The number of fused-ring (bicyclic) bond motifs is 2. The van der Waals surface area contributed by atoms with Gasteiger partial charge in [-0.3, -0.25) is 14.8 Å². The number of piperazine rings is 1. The van der Waals surface area contributed by atoms with Crippen molar-refractivity contribution < 1.29 is 22.7 Å². The number of carbonyl (C=O) groups excluding carboxylic acids is 1. The third-order valence-corrected chi connectivity index (χ3v) is 6.38. The number of aliphatic imine (C=N–C) groups is 2. The first-order valence-corrected chi connectivity index (χ1v) is 11.1. The minimum Gasteiger partial charge on any atom is -0.492 e. The maximum absolute atomic E-state index is 13.5.